The highest BCUT2D eigenvalue weighted by Crippen LogP contribution is 2.31. The maximum atomic E-state index is 13.4. The van der Waals surface area contributed by atoms with Gasteiger partial charge in [0.05, 0.1) is 11.9 Å². The van der Waals surface area contributed by atoms with Crippen LogP contribution in [0.5, 0.6) is 0 Å². The summed E-state index contributed by atoms with van der Waals surface area (Å²) in [6, 6.07) is 4.13. The predicted molar refractivity (Wildman–Crippen MR) is 83.1 cm³/mol. The lowest BCUT2D eigenvalue weighted by Crippen LogP contribution is -2.36. The average molecular weight is 339 g/mol. The minimum atomic E-state index is -1.08. The third-order valence-electron chi connectivity index (χ3n) is 4.02. The number of Topliss-reactive ketones (excluding diaryl/α,β-unsaturated/α-hetero) is 1. The second-order valence-electron chi connectivity index (χ2n) is 5.49. The SMILES string of the molecule is O=C(C1=NN[C@@H]2C(=O)N(c3cccc(F)c3)C(=O)[C@H]12)c1cnccn1. The lowest BCUT2D eigenvalue weighted by atomic mass is 9.94. The number of carbonyl (C=O) groups is 3. The Kier molecular flexibility index (Phi) is 3.34. The Bertz CT molecular complexity index is 930. The number of aromatic nitrogens is 2. The number of carbonyl (C=O) groups excluding carboxylic acids is 3. The van der Waals surface area contributed by atoms with Crippen LogP contribution >= 0.6 is 0 Å². The molecule has 2 amide bonds. The summed E-state index contributed by atoms with van der Waals surface area (Å²) >= 11 is 0. The largest absolute Gasteiger partial charge is 0.296 e. The van der Waals surface area contributed by atoms with Crippen LogP contribution in [-0.4, -0.2) is 39.3 Å². The highest BCUT2D eigenvalue weighted by atomic mass is 19.1. The van der Waals surface area contributed by atoms with E-state index in [0.717, 1.165) is 11.0 Å². The number of hydrogen-bond acceptors (Lipinski definition) is 7. The highest BCUT2D eigenvalue weighted by molar-refractivity contribution is 6.52. The third-order valence-corrected chi connectivity index (χ3v) is 4.02. The van der Waals surface area contributed by atoms with Crippen molar-refractivity contribution in [1.82, 2.24) is 15.4 Å². The standard InChI is InChI=1S/C16H10FN5O3/c17-8-2-1-3-9(6-8)22-15(24)11-12(20-21-13(11)16(22)25)14(23)10-7-18-4-5-19-10/h1-7,11,13,21H/t11-,13+/m1/s1. The number of rotatable bonds is 3. The van der Waals surface area contributed by atoms with Crippen LogP contribution in [0.4, 0.5) is 10.1 Å². The topological polar surface area (TPSA) is 105 Å². The Balaban J connectivity index is 1.68. The van der Waals surface area contributed by atoms with E-state index in [4.69, 9.17) is 0 Å². The average Bonchev–Trinajstić information content (AvgIpc) is 3.16. The van der Waals surface area contributed by atoms with Gasteiger partial charge in [-0.1, -0.05) is 6.07 Å². The third kappa shape index (κ3) is 2.28. The van der Waals surface area contributed by atoms with E-state index in [1.54, 1.807) is 0 Å². The smallest absolute Gasteiger partial charge is 0.259 e. The first-order valence-corrected chi connectivity index (χ1v) is 7.35. The zero-order valence-electron chi connectivity index (χ0n) is 12.6. The van der Waals surface area contributed by atoms with Gasteiger partial charge in [0.25, 0.3) is 5.91 Å². The molecule has 25 heavy (non-hydrogen) atoms. The summed E-state index contributed by atoms with van der Waals surface area (Å²) in [6.45, 7) is 0. The van der Waals surface area contributed by atoms with Crippen molar-refractivity contribution in [3.05, 3.63) is 54.4 Å². The van der Waals surface area contributed by atoms with Gasteiger partial charge < -0.3 is 0 Å². The summed E-state index contributed by atoms with van der Waals surface area (Å²) < 4.78 is 13.4. The maximum absolute atomic E-state index is 13.4. The number of halogens is 1. The molecule has 1 saturated heterocycles. The molecule has 1 fully saturated rings. The van der Waals surface area contributed by atoms with Gasteiger partial charge in [-0.15, -0.1) is 0 Å². The van der Waals surface area contributed by atoms with E-state index in [0.29, 0.717) is 0 Å². The zero-order valence-corrected chi connectivity index (χ0v) is 12.6. The number of hydrazone groups is 1. The Labute approximate surface area is 140 Å². The molecule has 1 aromatic carbocycles. The molecule has 3 heterocycles. The Hall–Kier alpha value is -3.49. The molecule has 2 aliphatic rings. The molecule has 1 N–H and O–H groups in total. The van der Waals surface area contributed by atoms with E-state index < -0.39 is 35.4 Å². The van der Waals surface area contributed by atoms with E-state index in [9.17, 15) is 18.8 Å². The van der Waals surface area contributed by atoms with E-state index in [1.807, 2.05) is 0 Å². The van der Waals surface area contributed by atoms with Crippen LogP contribution in [0.1, 0.15) is 10.5 Å². The van der Waals surface area contributed by atoms with Crippen molar-refractivity contribution in [3.8, 4) is 0 Å². The molecule has 4 rings (SSSR count). The van der Waals surface area contributed by atoms with Gasteiger partial charge in [-0.05, 0) is 18.2 Å². The molecule has 0 unspecified atom stereocenters. The minimum absolute atomic E-state index is 0.0214. The fourth-order valence-electron chi connectivity index (χ4n) is 2.89. The number of fused-ring (bicyclic) bond motifs is 1. The Morgan fingerprint density at radius 1 is 1.20 bits per heavy atom. The molecular formula is C16H10FN5O3. The lowest BCUT2D eigenvalue weighted by Gasteiger charge is -2.15. The highest BCUT2D eigenvalue weighted by Gasteiger charge is 2.55. The fourth-order valence-corrected chi connectivity index (χ4v) is 2.89. The van der Waals surface area contributed by atoms with Crippen molar-refractivity contribution in [1.29, 1.82) is 0 Å². The molecule has 0 saturated carbocycles. The van der Waals surface area contributed by atoms with Crippen LogP contribution in [-0.2, 0) is 9.59 Å². The summed E-state index contributed by atoms with van der Waals surface area (Å²) in [5.41, 5.74) is 2.55. The van der Waals surface area contributed by atoms with Gasteiger partial charge in [0, 0.05) is 12.4 Å². The van der Waals surface area contributed by atoms with E-state index in [1.165, 1.54) is 36.8 Å². The van der Waals surface area contributed by atoms with Crippen LogP contribution in [0.25, 0.3) is 0 Å². The predicted octanol–water partition coefficient (Wildman–Crippen LogP) is 0.316. The number of nitrogens with zero attached hydrogens (tertiary/aromatic N) is 4. The van der Waals surface area contributed by atoms with Crippen LogP contribution in [0.3, 0.4) is 0 Å². The molecule has 0 aliphatic carbocycles. The van der Waals surface area contributed by atoms with Gasteiger partial charge in [0.15, 0.2) is 0 Å². The first-order chi connectivity index (χ1) is 12.1. The van der Waals surface area contributed by atoms with Gasteiger partial charge in [-0.2, -0.15) is 5.10 Å². The molecule has 0 spiro atoms. The van der Waals surface area contributed by atoms with Crippen molar-refractivity contribution in [3.63, 3.8) is 0 Å². The molecule has 2 aliphatic heterocycles. The van der Waals surface area contributed by atoms with E-state index in [2.05, 4.69) is 20.5 Å². The van der Waals surface area contributed by atoms with Crippen molar-refractivity contribution < 1.29 is 18.8 Å². The van der Waals surface area contributed by atoms with E-state index >= 15 is 0 Å². The van der Waals surface area contributed by atoms with Crippen LogP contribution < -0.4 is 10.3 Å². The van der Waals surface area contributed by atoms with Crippen LogP contribution in [0.15, 0.2) is 48.0 Å². The van der Waals surface area contributed by atoms with Gasteiger partial charge >= 0.3 is 0 Å². The van der Waals surface area contributed by atoms with Crippen molar-refractivity contribution >= 4 is 29.0 Å². The van der Waals surface area contributed by atoms with Crippen molar-refractivity contribution in [2.24, 2.45) is 11.0 Å². The molecule has 8 nitrogen and oxygen atoms in total. The number of hydrogen-bond donors (Lipinski definition) is 1. The first-order valence-electron chi connectivity index (χ1n) is 7.35. The molecule has 2 atom stereocenters. The van der Waals surface area contributed by atoms with Crippen molar-refractivity contribution in [2.75, 3.05) is 4.90 Å². The molecule has 0 bridgehead atoms. The molecule has 124 valence electrons. The number of nitrogens with one attached hydrogen (secondary N) is 1. The number of ketones is 1. The minimum Gasteiger partial charge on any atom is -0.296 e. The monoisotopic (exact) mass is 339 g/mol. The summed E-state index contributed by atoms with van der Waals surface area (Å²) in [5, 5.41) is 3.85. The van der Waals surface area contributed by atoms with E-state index in [-0.39, 0.29) is 17.1 Å². The quantitative estimate of drug-likeness (QED) is 0.638. The van der Waals surface area contributed by atoms with Gasteiger partial charge in [-0.3, -0.25) is 24.8 Å². The second kappa shape index (κ2) is 5.55. The molecule has 2 aromatic rings. The zero-order chi connectivity index (χ0) is 17.6. The van der Waals surface area contributed by atoms with Crippen LogP contribution in [0.2, 0.25) is 0 Å². The summed E-state index contributed by atoms with van der Waals surface area (Å²) in [6.07, 6.45) is 4.00. The molecule has 1 aromatic heterocycles. The van der Waals surface area contributed by atoms with Gasteiger partial charge in [0.1, 0.15) is 29.2 Å². The summed E-state index contributed by atoms with van der Waals surface area (Å²) in [5.74, 6) is -3.47. The molecule has 9 heteroatoms. The summed E-state index contributed by atoms with van der Waals surface area (Å²) in [7, 11) is 0. The van der Waals surface area contributed by atoms with Gasteiger partial charge in [-0.25, -0.2) is 14.3 Å². The lowest BCUT2D eigenvalue weighted by molar-refractivity contribution is -0.122. The number of imide groups is 1. The summed E-state index contributed by atoms with van der Waals surface area (Å²) in [4.78, 5) is 46.3. The maximum Gasteiger partial charge on any atom is 0.259 e. The Morgan fingerprint density at radius 3 is 2.76 bits per heavy atom. The molecule has 0 radical (unpaired) electrons. The van der Waals surface area contributed by atoms with Crippen molar-refractivity contribution in [2.45, 2.75) is 6.04 Å². The number of benzene rings is 1. The van der Waals surface area contributed by atoms with Crippen LogP contribution in [0, 0.1) is 11.7 Å². The molecular weight excluding hydrogens is 329 g/mol. The fraction of sp³-hybridized carbons (Fsp3) is 0.125. The number of amides is 2. The van der Waals surface area contributed by atoms with Gasteiger partial charge in [0.2, 0.25) is 11.7 Å². The Morgan fingerprint density at radius 2 is 2.04 bits per heavy atom. The number of anilines is 1. The normalized spacial score (nSPS) is 21.8. The second-order valence-corrected chi connectivity index (χ2v) is 5.49. The first kappa shape index (κ1) is 15.1.